The van der Waals surface area contributed by atoms with E-state index >= 15 is 0 Å². The number of rotatable bonds is 6. The summed E-state index contributed by atoms with van der Waals surface area (Å²) in [6.45, 7) is 1.62. The maximum absolute atomic E-state index is 12.9. The molecule has 8 heteroatoms. The Hall–Kier alpha value is -2.19. The number of aromatic amines is 1. The summed E-state index contributed by atoms with van der Waals surface area (Å²) < 4.78 is 27.5. The molecule has 0 saturated carbocycles. The molecular formula is C20H26N4O3S. The normalized spacial score (nSPS) is 19.6. The second-order valence-corrected chi connectivity index (χ2v) is 9.54. The predicted octanol–water partition coefficient (Wildman–Crippen LogP) is 1.87. The van der Waals surface area contributed by atoms with E-state index in [9.17, 15) is 13.2 Å². The van der Waals surface area contributed by atoms with Crippen molar-refractivity contribution >= 4 is 15.9 Å². The van der Waals surface area contributed by atoms with Gasteiger partial charge >= 0.3 is 0 Å². The number of H-pyrrole nitrogens is 1. The van der Waals surface area contributed by atoms with Gasteiger partial charge in [0, 0.05) is 30.9 Å². The topological polar surface area (TPSA) is 95.2 Å². The zero-order chi connectivity index (χ0) is 19.6. The molecule has 150 valence electrons. The molecule has 1 aliphatic carbocycles. The molecule has 2 N–H and O–H groups in total. The van der Waals surface area contributed by atoms with Crippen molar-refractivity contribution in [3.63, 3.8) is 0 Å². The first-order valence-corrected chi connectivity index (χ1v) is 11.5. The molecule has 4 rings (SSSR count). The Kier molecular flexibility index (Phi) is 5.50. The van der Waals surface area contributed by atoms with Gasteiger partial charge in [0.1, 0.15) is 0 Å². The van der Waals surface area contributed by atoms with Crippen molar-refractivity contribution in [3.8, 4) is 0 Å². The zero-order valence-electron chi connectivity index (χ0n) is 15.9. The summed E-state index contributed by atoms with van der Waals surface area (Å²) in [5.74, 6) is 0.0641. The number of sulfonamides is 1. The van der Waals surface area contributed by atoms with Crippen LogP contribution in [0.15, 0.2) is 30.3 Å². The number of carbonyl (C=O) groups is 1. The highest BCUT2D eigenvalue weighted by Crippen LogP contribution is 2.25. The second kappa shape index (κ2) is 8.05. The van der Waals surface area contributed by atoms with Crippen molar-refractivity contribution in [2.75, 3.05) is 19.6 Å². The van der Waals surface area contributed by atoms with Gasteiger partial charge in [-0.1, -0.05) is 30.3 Å². The van der Waals surface area contributed by atoms with E-state index in [2.05, 4.69) is 14.9 Å². The van der Waals surface area contributed by atoms with Gasteiger partial charge in [0.25, 0.3) is 5.91 Å². The molecule has 7 nitrogen and oxygen atoms in total. The number of hydrogen-bond acceptors (Lipinski definition) is 4. The van der Waals surface area contributed by atoms with Crippen LogP contribution < -0.4 is 4.72 Å². The van der Waals surface area contributed by atoms with Crippen LogP contribution in [-0.4, -0.2) is 49.1 Å². The smallest absolute Gasteiger partial charge is 0.274 e. The van der Waals surface area contributed by atoms with Gasteiger partial charge in [-0.25, -0.2) is 13.1 Å². The summed E-state index contributed by atoms with van der Waals surface area (Å²) in [6.07, 6.45) is 4.72. The molecule has 1 fully saturated rings. The van der Waals surface area contributed by atoms with Crippen molar-refractivity contribution in [2.24, 2.45) is 5.92 Å². The Balaban J connectivity index is 1.34. The lowest BCUT2D eigenvalue weighted by molar-refractivity contribution is 0.0669. The molecule has 2 aromatic rings. The SMILES string of the molecule is O=C(c1n[nH]c2c1CCC2)N1CCCC(CNS(=O)(=O)Cc2ccccc2)C1. The van der Waals surface area contributed by atoms with E-state index in [1.54, 1.807) is 0 Å². The fraction of sp³-hybridized carbons (Fsp3) is 0.500. The van der Waals surface area contributed by atoms with Crippen LogP contribution in [0.1, 0.15) is 46.6 Å². The van der Waals surface area contributed by atoms with Gasteiger partial charge in [0.2, 0.25) is 10.0 Å². The molecule has 1 aromatic heterocycles. The molecule has 28 heavy (non-hydrogen) atoms. The van der Waals surface area contributed by atoms with E-state index in [0.717, 1.165) is 48.9 Å². The van der Waals surface area contributed by atoms with Crippen molar-refractivity contribution in [3.05, 3.63) is 52.8 Å². The quantitative estimate of drug-likeness (QED) is 0.771. The largest absolute Gasteiger partial charge is 0.337 e. The van der Waals surface area contributed by atoms with Crippen LogP contribution in [0, 0.1) is 5.92 Å². The molecule has 1 aliphatic heterocycles. The van der Waals surface area contributed by atoms with Crippen LogP contribution in [0.4, 0.5) is 0 Å². The second-order valence-electron chi connectivity index (χ2n) is 7.74. The van der Waals surface area contributed by atoms with E-state index in [1.165, 1.54) is 0 Å². The average Bonchev–Trinajstić information content (AvgIpc) is 3.30. The minimum Gasteiger partial charge on any atom is -0.337 e. The number of aryl methyl sites for hydroxylation is 1. The number of piperidine rings is 1. The van der Waals surface area contributed by atoms with Crippen molar-refractivity contribution in [1.29, 1.82) is 0 Å². The maximum atomic E-state index is 12.9. The molecule has 1 saturated heterocycles. The van der Waals surface area contributed by atoms with Crippen LogP contribution in [0.25, 0.3) is 0 Å². The standard InChI is InChI=1S/C20H26N4O3S/c25-20(19-17-9-4-10-18(17)22-23-19)24-11-5-8-16(13-24)12-21-28(26,27)14-15-6-2-1-3-7-15/h1-3,6-7,16,21H,4-5,8-14H2,(H,22,23). The Bertz CT molecular complexity index is 940. The number of nitrogens with zero attached hydrogens (tertiary/aromatic N) is 2. The number of hydrogen-bond donors (Lipinski definition) is 2. The Morgan fingerprint density at radius 2 is 2.04 bits per heavy atom. The van der Waals surface area contributed by atoms with E-state index in [1.807, 2.05) is 35.2 Å². The lowest BCUT2D eigenvalue weighted by atomic mass is 9.98. The number of fused-ring (bicyclic) bond motifs is 1. The van der Waals surface area contributed by atoms with Crippen molar-refractivity contribution in [2.45, 2.75) is 37.9 Å². The van der Waals surface area contributed by atoms with Gasteiger partial charge < -0.3 is 4.90 Å². The number of benzene rings is 1. The van der Waals surface area contributed by atoms with Crippen LogP contribution >= 0.6 is 0 Å². The third kappa shape index (κ3) is 4.28. The molecule has 0 bridgehead atoms. The van der Waals surface area contributed by atoms with Gasteiger partial charge in [0.05, 0.1) is 5.75 Å². The third-order valence-electron chi connectivity index (χ3n) is 5.61. The van der Waals surface area contributed by atoms with E-state index in [-0.39, 0.29) is 17.6 Å². The highest BCUT2D eigenvalue weighted by atomic mass is 32.2. The van der Waals surface area contributed by atoms with E-state index in [4.69, 9.17) is 0 Å². The summed E-state index contributed by atoms with van der Waals surface area (Å²) in [4.78, 5) is 14.7. The van der Waals surface area contributed by atoms with E-state index < -0.39 is 10.0 Å². The summed E-state index contributed by atoms with van der Waals surface area (Å²) in [6, 6.07) is 9.15. The molecule has 1 unspecified atom stereocenters. The fourth-order valence-electron chi connectivity index (χ4n) is 4.15. The van der Waals surface area contributed by atoms with Gasteiger partial charge in [0.15, 0.2) is 5.69 Å². The number of aromatic nitrogens is 2. The number of nitrogens with one attached hydrogen (secondary N) is 2. The minimum absolute atomic E-state index is 0.0252. The van der Waals surface area contributed by atoms with Gasteiger partial charge in [-0.2, -0.15) is 5.10 Å². The molecule has 2 aliphatic rings. The highest BCUT2D eigenvalue weighted by molar-refractivity contribution is 7.88. The van der Waals surface area contributed by atoms with Crippen LogP contribution in [0.5, 0.6) is 0 Å². The molecule has 1 aromatic carbocycles. The monoisotopic (exact) mass is 402 g/mol. The van der Waals surface area contributed by atoms with Crippen LogP contribution in [0.2, 0.25) is 0 Å². The predicted molar refractivity (Wildman–Crippen MR) is 106 cm³/mol. The molecular weight excluding hydrogens is 376 g/mol. The third-order valence-corrected chi connectivity index (χ3v) is 6.93. The van der Waals surface area contributed by atoms with Crippen LogP contribution in [-0.2, 0) is 28.6 Å². The minimum atomic E-state index is -3.39. The first-order valence-electron chi connectivity index (χ1n) is 9.88. The number of amides is 1. The number of likely N-dealkylation sites (tertiary alicyclic amines) is 1. The molecule has 0 spiro atoms. The summed E-state index contributed by atoms with van der Waals surface area (Å²) in [7, 11) is -3.39. The molecule has 1 atom stereocenters. The maximum Gasteiger partial charge on any atom is 0.274 e. The number of carbonyl (C=O) groups excluding carboxylic acids is 1. The molecule has 1 amide bonds. The Morgan fingerprint density at radius 3 is 2.86 bits per heavy atom. The Labute approximate surface area is 165 Å². The molecule has 0 radical (unpaired) electrons. The van der Waals surface area contributed by atoms with Gasteiger partial charge in [-0.15, -0.1) is 0 Å². The molecule has 2 heterocycles. The fourth-order valence-corrected chi connectivity index (χ4v) is 5.37. The van der Waals surface area contributed by atoms with Gasteiger partial charge in [-0.05, 0) is 43.6 Å². The van der Waals surface area contributed by atoms with Crippen molar-refractivity contribution < 1.29 is 13.2 Å². The zero-order valence-corrected chi connectivity index (χ0v) is 16.7. The average molecular weight is 403 g/mol. The van der Waals surface area contributed by atoms with Crippen LogP contribution in [0.3, 0.4) is 0 Å². The van der Waals surface area contributed by atoms with E-state index in [0.29, 0.717) is 25.3 Å². The summed E-state index contributed by atoms with van der Waals surface area (Å²) in [5.41, 5.74) is 3.47. The van der Waals surface area contributed by atoms with Gasteiger partial charge in [-0.3, -0.25) is 9.89 Å². The summed E-state index contributed by atoms with van der Waals surface area (Å²) >= 11 is 0. The first kappa shape index (κ1) is 19.1. The Morgan fingerprint density at radius 1 is 1.21 bits per heavy atom. The van der Waals surface area contributed by atoms with Crippen molar-refractivity contribution in [1.82, 2.24) is 19.8 Å². The lowest BCUT2D eigenvalue weighted by Gasteiger charge is -2.32. The lowest BCUT2D eigenvalue weighted by Crippen LogP contribution is -2.44. The first-order chi connectivity index (χ1) is 13.5. The summed E-state index contributed by atoms with van der Waals surface area (Å²) in [5, 5.41) is 7.24. The highest BCUT2D eigenvalue weighted by Gasteiger charge is 2.30.